The third-order valence-corrected chi connectivity index (χ3v) is 7.26. The largest absolute Gasteiger partial charge is 0.507 e. The van der Waals surface area contributed by atoms with Crippen molar-refractivity contribution in [2.24, 2.45) is 0 Å². The van der Waals surface area contributed by atoms with Gasteiger partial charge < -0.3 is 19.3 Å². The van der Waals surface area contributed by atoms with Crippen LogP contribution in [0.3, 0.4) is 0 Å². The van der Waals surface area contributed by atoms with Crippen LogP contribution in [0.15, 0.2) is 66.2 Å². The number of nitrogens with zero attached hydrogens (tertiary/aromatic N) is 2. The third-order valence-electron chi connectivity index (χ3n) is 6.24. The molecule has 1 N–H and O–H groups in total. The zero-order chi connectivity index (χ0) is 25.0. The van der Waals surface area contributed by atoms with Gasteiger partial charge in [-0.25, -0.2) is 4.98 Å². The molecule has 3 aromatic carbocycles. The molecule has 0 aliphatic carbocycles. The van der Waals surface area contributed by atoms with Crippen LogP contribution in [0.5, 0.6) is 17.2 Å². The minimum absolute atomic E-state index is 0.0393. The summed E-state index contributed by atoms with van der Waals surface area (Å²) in [6.45, 7) is 2.05. The molecule has 1 saturated heterocycles. The lowest BCUT2D eigenvalue weighted by molar-refractivity contribution is -0.132. The fourth-order valence-corrected chi connectivity index (χ4v) is 5.57. The number of hydrogen-bond acceptors (Lipinski definition) is 8. The van der Waals surface area contributed by atoms with Gasteiger partial charge in [0.15, 0.2) is 16.6 Å². The highest BCUT2D eigenvalue weighted by Gasteiger charge is 2.48. The minimum Gasteiger partial charge on any atom is -0.507 e. The Labute approximate surface area is 210 Å². The number of aliphatic hydroxyl groups is 1. The van der Waals surface area contributed by atoms with Gasteiger partial charge >= 0.3 is 5.91 Å². The molecule has 0 spiro atoms. The number of anilines is 1. The number of ketones is 1. The van der Waals surface area contributed by atoms with Crippen LogP contribution in [0.25, 0.3) is 16.0 Å². The summed E-state index contributed by atoms with van der Waals surface area (Å²) in [6.07, 6.45) is 0. The summed E-state index contributed by atoms with van der Waals surface area (Å²) in [5.41, 5.74) is 2.69. The van der Waals surface area contributed by atoms with Crippen LogP contribution < -0.4 is 19.1 Å². The molecule has 2 aliphatic rings. The first kappa shape index (κ1) is 22.1. The van der Waals surface area contributed by atoms with Crippen LogP contribution >= 0.6 is 11.3 Å². The molecule has 1 atom stereocenters. The van der Waals surface area contributed by atoms with Gasteiger partial charge in [-0.15, -0.1) is 0 Å². The number of ether oxygens (including phenoxy) is 3. The number of aliphatic hydroxyl groups excluding tert-OH is 1. The molecule has 180 valence electrons. The Kier molecular flexibility index (Phi) is 5.15. The first-order chi connectivity index (χ1) is 17.4. The van der Waals surface area contributed by atoms with Gasteiger partial charge in [-0.3, -0.25) is 14.5 Å². The molecule has 0 saturated carbocycles. The van der Waals surface area contributed by atoms with E-state index in [-0.39, 0.29) is 18.1 Å². The van der Waals surface area contributed by atoms with E-state index in [2.05, 4.69) is 4.98 Å². The van der Waals surface area contributed by atoms with Crippen molar-refractivity contribution in [3.8, 4) is 17.2 Å². The Morgan fingerprint density at radius 1 is 1.08 bits per heavy atom. The maximum Gasteiger partial charge on any atom is 0.301 e. The Morgan fingerprint density at radius 2 is 1.92 bits per heavy atom. The summed E-state index contributed by atoms with van der Waals surface area (Å²) in [5.74, 6) is -0.316. The van der Waals surface area contributed by atoms with E-state index in [1.54, 1.807) is 49.6 Å². The number of carbonyl (C=O) groups is 2. The lowest BCUT2D eigenvalue weighted by Crippen LogP contribution is -2.29. The van der Waals surface area contributed by atoms with Gasteiger partial charge in [0.25, 0.3) is 5.78 Å². The first-order valence-electron chi connectivity index (χ1n) is 11.2. The molecule has 3 heterocycles. The van der Waals surface area contributed by atoms with Gasteiger partial charge in [-0.05, 0) is 60.5 Å². The standard InChI is InChI=1S/C27H20N2O6S/c1-14-6-8-18-21(10-14)36-27(28-18)29-23(15-4-3-5-17(11-15)33-2)22(25(31)26(29)32)24(30)16-7-9-19-20(12-16)35-13-34-19/h3-12,23,30H,13H2,1-2H3/b24-22+. The smallest absolute Gasteiger partial charge is 0.301 e. The highest BCUT2D eigenvalue weighted by Crippen LogP contribution is 2.45. The van der Waals surface area contributed by atoms with E-state index in [9.17, 15) is 14.7 Å². The van der Waals surface area contributed by atoms with Crippen molar-refractivity contribution in [1.29, 1.82) is 0 Å². The molecule has 6 rings (SSSR count). The normalized spacial score (nSPS) is 18.3. The average molecular weight is 501 g/mol. The van der Waals surface area contributed by atoms with Crippen LogP contribution in [0.4, 0.5) is 5.13 Å². The van der Waals surface area contributed by atoms with Crippen molar-refractivity contribution in [2.75, 3.05) is 18.8 Å². The second-order valence-electron chi connectivity index (χ2n) is 8.48. The maximum absolute atomic E-state index is 13.4. The predicted molar refractivity (Wildman–Crippen MR) is 135 cm³/mol. The average Bonchev–Trinajstić information content (AvgIpc) is 3.59. The van der Waals surface area contributed by atoms with Gasteiger partial charge in [0.05, 0.1) is 28.9 Å². The molecule has 4 aromatic rings. The number of aromatic nitrogens is 1. The number of Topliss-reactive ketones (excluding diaryl/α,β-unsaturated/α-hetero) is 1. The summed E-state index contributed by atoms with van der Waals surface area (Å²) >= 11 is 1.32. The second-order valence-corrected chi connectivity index (χ2v) is 9.49. The van der Waals surface area contributed by atoms with E-state index in [4.69, 9.17) is 14.2 Å². The van der Waals surface area contributed by atoms with Crippen LogP contribution in [0, 0.1) is 6.92 Å². The van der Waals surface area contributed by atoms with Crippen molar-refractivity contribution in [3.63, 3.8) is 0 Å². The van der Waals surface area contributed by atoms with Gasteiger partial charge in [-0.1, -0.05) is 29.5 Å². The third kappa shape index (κ3) is 3.47. The summed E-state index contributed by atoms with van der Waals surface area (Å²) in [5, 5.41) is 11.7. The fourth-order valence-electron chi connectivity index (χ4n) is 4.48. The van der Waals surface area contributed by atoms with E-state index < -0.39 is 17.7 Å². The SMILES string of the molecule is COc1cccc(C2/C(=C(\O)c3ccc4c(c3)OCO4)C(=O)C(=O)N2c2nc3ccc(C)cc3s2)c1. The molecule has 0 radical (unpaired) electrons. The molecule has 36 heavy (non-hydrogen) atoms. The topological polar surface area (TPSA) is 98.2 Å². The van der Waals surface area contributed by atoms with Crippen LogP contribution in [0.2, 0.25) is 0 Å². The number of benzene rings is 3. The van der Waals surface area contributed by atoms with Gasteiger partial charge in [0.1, 0.15) is 11.5 Å². The molecular weight excluding hydrogens is 480 g/mol. The summed E-state index contributed by atoms with van der Waals surface area (Å²) < 4.78 is 17.1. The molecule has 1 fully saturated rings. The molecular formula is C27H20N2O6S. The maximum atomic E-state index is 13.4. The number of rotatable bonds is 4. The van der Waals surface area contributed by atoms with Crippen molar-refractivity contribution < 1.29 is 28.9 Å². The van der Waals surface area contributed by atoms with E-state index in [0.29, 0.717) is 33.5 Å². The van der Waals surface area contributed by atoms with Crippen molar-refractivity contribution in [1.82, 2.24) is 4.98 Å². The van der Waals surface area contributed by atoms with Gasteiger partial charge in [-0.2, -0.15) is 0 Å². The van der Waals surface area contributed by atoms with Crippen LogP contribution in [0.1, 0.15) is 22.7 Å². The lowest BCUT2D eigenvalue weighted by atomic mass is 9.95. The number of methoxy groups -OCH3 is 1. The number of hydrogen-bond donors (Lipinski definition) is 1. The highest BCUT2D eigenvalue weighted by atomic mass is 32.1. The molecule has 2 aliphatic heterocycles. The van der Waals surface area contributed by atoms with Crippen LogP contribution in [-0.2, 0) is 9.59 Å². The Morgan fingerprint density at radius 3 is 2.75 bits per heavy atom. The van der Waals surface area contributed by atoms with E-state index in [1.165, 1.54) is 16.2 Å². The van der Waals surface area contributed by atoms with Gasteiger partial charge in [0.2, 0.25) is 6.79 Å². The Hall–Kier alpha value is -4.37. The fraction of sp³-hybridized carbons (Fsp3) is 0.148. The van der Waals surface area contributed by atoms with E-state index >= 15 is 0 Å². The van der Waals surface area contributed by atoms with Crippen molar-refractivity contribution >= 4 is 44.1 Å². The van der Waals surface area contributed by atoms with Gasteiger partial charge in [0, 0.05) is 5.56 Å². The summed E-state index contributed by atoms with van der Waals surface area (Å²) in [6, 6.07) is 16.9. The number of thiazole rings is 1. The zero-order valence-corrected chi connectivity index (χ0v) is 20.2. The predicted octanol–water partition coefficient (Wildman–Crippen LogP) is 4.97. The van der Waals surface area contributed by atoms with E-state index in [1.807, 2.05) is 25.1 Å². The van der Waals surface area contributed by atoms with E-state index in [0.717, 1.165) is 15.8 Å². The minimum atomic E-state index is -0.910. The molecule has 0 bridgehead atoms. The van der Waals surface area contributed by atoms with Crippen molar-refractivity contribution in [3.05, 3.63) is 82.9 Å². The highest BCUT2D eigenvalue weighted by molar-refractivity contribution is 7.22. The number of amides is 1. The van der Waals surface area contributed by atoms with Crippen LogP contribution in [-0.4, -0.2) is 35.7 Å². The quantitative estimate of drug-likeness (QED) is 0.240. The lowest BCUT2D eigenvalue weighted by Gasteiger charge is -2.23. The first-order valence-corrected chi connectivity index (χ1v) is 12.0. The Bertz CT molecular complexity index is 1590. The second kappa shape index (κ2) is 8.39. The molecule has 1 unspecified atom stereocenters. The molecule has 1 amide bonds. The summed E-state index contributed by atoms with van der Waals surface area (Å²) in [4.78, 5) is 32.9. The summed E-state index contributed by atoms with van der Waals surface area (Å²) in [7, 11) is 1.54. The molecule has 9 heteroatoms. The number of fused-ring (bicyclic) bond motifs is 2. The monoisotopic (exact) mass is 500 g/mol. The van der Waals surface area contributed by atoms with Crippen molar-refractivity contribution in [2.45, 2.75) is 13.0 Å². The molecule has 1 aromatic heterocycles. The Balaban J connectivity index is 1.56. The zero-order valence-electron chi connectivity index (χ0n) is 19.3. The number of aryl methyl sites for hydroxylation is 1. The molecule has 8 nitrogen and oxygen atoms in total. The number of carbonyl (C=O) groups excluding carboxylic acids is 2.